The van der Waals surface area contributed by atoms with Crippen molar-refractivity contribution in [3.8, 4) is 11.5 Å². The van der Waals surface area contributed by atoms with Crippen LogP contribution in [0, 0.1) is 0 Å². The van der Waals surface area contributed by atoms with Crippen molar-refractivity contribution in [3.63, 3.8) is 0 Å². The molecule has 172 valence electrons. The van der Waals surface area contributed by atoms with Crippen molar-refractivity contribution in [3.05, 3.63) is 81.4 Å². The average molecular weight is 550 g/mol. The Labute approximate surface area is 207 Å². The lowest BCUT2D eigenvalue weighted by Gasteiger charge is -2.33. The standard InChI is InChI=1S/C24H22BrClN2O4S/c1-15-18-10-8-16(26)12-22(18)28(14-21(15)27-20-7-5-4-6-19(20)25)33(29,30)17-9-11-23(31-2)24(13-17)32-3/h4-13,27H,14H2,1-3H3. The van der Waals surface area contributed by atoms with Crippen LogP contribution in [0.2, 0.25) is 5.02 Å². The first-order valence-corrected chi connectivity index (χ1v) is 12.6. The predicted octanol–water partition coefficient (Wildman–Crippen LogP) is 6.17. The molecule has 0 saturated carbocycles. The number of halogens is 2. The van der Waals surface area contributed by atoms with Crippen molar-refractivity contribution < 1.29 is 17.9 Å². The molecule has 0 aliphatic carbocycles. The van der Waals surface area contributed by atoms with Gasteiger partial charge in [0.25, 0.3) is 10.0 Å². The summed E-state index contributed by atoms with van der Waals surface area (Å²) >= 11 is 9.81. The SMILES string of the molecule is COc1ccc(S(=O)(=O)N2CC(Nc3ccccc3Br)=C(C)c3ccc(Cl)cc32)cc1OC. The van der Waals surface area contributed by atoms with E-state index in [1.165, 1.54) is 30.7 Å². The van der Waals surface area contributed by atoms with E-state index in [0.29, 0.717) is 22.2 Å². The Morgan fingerprint density at radius 1 is 1.00 bits per heavy atom. The molecule has 0 unspecified atom stereocenters. The van der Waals surface area contributed by atoms with Gasteiger partial charge in [0, 0.05) is 26.8 Å². The first-order chi connectivity index (χ1) is 15.8. The van der Waals surface area contributed by atoms with Crippen LogP contribution in [0.25, 0.3) is 5.57 Å². The Hall–Kier alpha value is -2.68. The fourth-order valence-electron chi connectivity index (χ4n) is 3.72. The number of sulfonamides is 1. The van der Waals surface area contributed by atoms with Gasteiger partial charge in [-0.25, -0.2) is 8.42 Å². The Morgan fingerprint density at radius 2 is 1.73 bits per heavy atom. The number of methoxy groups -OCH3 is 2. The van der Waals surface area contributed by atoms with Gasteiger partial charge in [-0.2, -0.15) is 0 Å². The molecule has 9 heteroatoms. The van der Waals surface area contributed by atoms with E-state index in [0.717, 1.165) is 27.0 Å². The van der Waals surface area contributed by atoms with E-state index in [9.17, 15) is 8.42 Å². The van der Waals surface area contributed by atoms with E-state index in [1.807, 2.05) is 37.3 Å². The number of ether oxygens (including phenoxy) is 2. The summed E-state index contributed by atoms with van der Waals surface area (Å²) in [6.45, 7) is 2.07. The van der Waals surface area contributed by atoms with Crippen LogP contribution in [0.1, 0.15) is 12.5 Å². The smallest absolute Gasteiger partial charge is 0.264 e. The molecular weight excluding hydrogens is 528 g/mol. The van der Waals surface area contributed by atoms with Gasteiger partial charge in [-0.1, -0.05) is 29.8 Å². The van der Waals surface area contributed by atoms with E-state index < -0.39 is 10.0 Å². The summed E-state index contributed by atoms with van der Waals surface area (Å²) in [5, 5.41) is 3.85. The van der Waals surface area contributed by atoms with Gasteiger partial charge in [0.05, 0.1) is 37.0 Å². The molecule has 33 heavy (non-hydrogen) atoms. The van der Waals surface area contributed by atoms with Crippen LogP contribution >= 0.6 is 27.5 Å². The van der Waals surface area contributed by atoms with E-state index >= 15 is 0 Å². The number of benzene rings is 3. The van der Waals surface area contributed by atoms with Crippen molar-refractivity contribution in [1.82, 2.24) is 0 Å². The van der Waals surface area contributed by atoms with Gasteiger partial charge in [0.1, 0.15) is 0 Å². The molecule has 0 saturated heterocycles. The molecule has 1 aliphatic rings. The van der Waals surface area contributed by atoms with Crippen LogP contribution in [0.4, 0.5) is 11.4 Å². The second-order valence-corrected chi connectivity index (χ2v) is 10.6. The molecule has 0 bridgehead atoms. The Bertz CT molecular complexity index is 1360. The van der Waals surface area contributed by atoms with Crippen molar-refractivity contribution in [2.45, 2.75) is 11.8 Å². The van der Waals surface area contributed by atoms with E-state index in [1.54, 1.807) is 18.2 Å². The molecule has 3 aromatic carbocycles. The van der Waals surface area contributed by atoms with Gasteiger partial charge in [-0.05, 0) is 64.8 Å². The highest BCUT2D eigenvalue weighted by atomic mass is 79.9. The van der Waals surface area contributed by atoms with Gasteiger partial charge < -0.3 is 14.8 Å². The zero-order valence-electron chi connectivity index (χ0n) is 18.2. The third-order valence-corrected chi connectivity index (χ3v) is 8.17. The van der Waals surface area contributed by atoms with E-state index in [4.69, 9.17) is 21.1 Å². The number of para-hydroxylation sites is 1. The van der Waals surface area contributed by atoms with Gasteiger partial charge in [-0.15, -0.1) is 0 Å². The number of hydrogen-bond acceptors (Lipinski definition) is 5. The Morgan fingerprint density at radius 3 is 2.42 bits per heavy atom. The monoisotopic (exact) mass is 548 g/mol. The topological polar surface area (TPSA) is 67.9 Å². The van der Waals surface area contributed by atoms with Crippen molar-refractivity contribution in [2.24, 2.45) is 0 Å². The molecule has 3 aromatic rings. The van der Waals surface area contributed by atoms with Gasteiger partial charge in [0.2, 0.25) is 0 Å². The second-order valence-electron chi connectivity index (χ2n) is 7.40. The summed E-state index contributed by atoms with van der Waals surface area (Å²) in [6.07, 6.45) is 0. The van der Waals surface area contributed by atoms with E-state index in [-0.39, 0.29) is 11.4 Å². The molecule has 0 fully saturated rings. The molecule has 0 spiro atoms. The second kappa shape index (κ2) is 9.29. The Kier molecular flexibility index (Phi) is 6.61. The van der Waals surface area contributed by atoms with Gasteiger partial charge in [0.15, 0.2) is 11.5 Å². The number of nitrogens with one attached hydrogen (secondary N) is 1. The highest BCUT2D eigenvalue weighted by Gasteiger charge is 2.33. The lowest BCUT2D eigenvalue weighted by Crippen LogP contribution is -2.37. The van der Waals surface area contributed by atoms with Crippen LogP contribution in [0.3, 0.4) is 0 Å². The number of fused-ring (bicyclic) bond motifs is 1. The molecule has 0 aromatic heterocycles. The third kappa shape index (κ3) is 4.43. The molecule has 0 radical (unpaired) electrons. The lowest BCUT2D eigenvalue weighted by atomic mass is 9.99. The lowest BCUT2D eigenvalue weighted by molar-refractivity contribution is 0.354. The molecule has 1 heterocycles. The van der Waals surface area contributed by atoms with Crippen LogP contribution in [-0.4, -0.2) is 29.2 Å². The number of allylic oxidation sites excluding steroid dienone is 1. The van der Waals surface area contributed by atoms with Gasteiger partial charge >= 0.3 is 0 Å². The number of nitrogens with zero attached hydrogens (tertiary/aromatic N) is 1. The number of anilines is 2. The maximum Gasteiger partial charge on any atom is 0.264 e. The maximum absolute atomic E-state index is 13.8. The zero-order valence-corrected chi connectivity index (χ0v) is 21.4. The fraction of sp³-hybridized carbons (Fsp3) is 0.167. The quantitative estimate of drug-likeness (QED) is 0.398. The normalized spacial score (nSPS) is 13.5. The van der Waals surface area contributed by atoms with Crippen molar-refractivity contribution in [1.29, 1.82) is 0 Å². The van der Waals surface area contributed by atoms with Crippen molar-refractivity contribution in [2.75, 3.05) is 30.4 Å². The average Bonchev–Trinajstić information content (AvgIpc) is 2.81. The number of hydrogen-bond donors (Lipinski definition) is 1. The third-order valence-electron chi connectivity index (χ3n) is 5.49. The Balaban J connectivity index is 1.83. The summed E-state index contributed by atoms with van der Waals surface area (Å²) in [6, 6.07) is 17.5. The van der Waals surface area contributed by atoms with Gasteiger partial charge in [-0.3, -0.25) is 4.31 Å². The predicted molar refractivity (Wildman–Crippen MR) is 136 cm³/mol. The highest BCUT2D eigenvalue weighted by Crippen LogP contribution is 2.41. The minimum atomic E-state index is -3.96. The molecule has 0 amide bonds. The molecular formula is C24H22BrClN2O4S. The van der Waals surface area contributed by atoms with Crippen LogP contribution < -0.4 is 19.1 Å². The zero-order chi connectivity index (χ0) is 23.8. The highest BCUT2D eigenvalue weighted by molar-refractivity contribution is 9.10. The number of rotatable bonds is 6. The summed E-state index contributed by atoms with van der Waals surface area (Å²) < 4.78 is 40.5. The summed E-state index contributed by atoms with van der Waals surface area (Å²) in [7, 11) is -0.985. The molecule has 1 N–H and O–H groups in total. The minimum absolute atomic E-state index is 0.0888. The molecule has 4 rings (SSSR count). The fourth-order valence-corrected chi connectivity index (χ4v) is 5.73. The largest absolute Gasteiger partial charge is 0.493 e. The van der Waals surface area contributed by atoms with Crippen LogP contribution in [0.5, 0.6) is 11.5 Å². The summed E-state index contributed by atoms with van der Waals surface area (Å²) in [5.74, 6) is 0.783. The summed E-state index contributed by atoms with van der Waals surface area (Å²) in [5.41, 5.74) is 3.85. The minimum Gasteiger partial charge on any atom is -0.493 e. The first-order valence-electron chi connectivity index (χ1n) is 10.0. The molecule has 0 atom stereocenters. The summed E-state index contributed by atoms with van der Waals surface area (Å²) in [4.78, 5) is 0.0888. The van der Waals surface area contributed by atoms with E-state index in [2.05, 4.69) is 21.2 Å². The maximum atomic E-state index is 13.8. The molecule has 6 nitrogen and oxygen atoms in total. The van der Waals surface area contributed by atoms with Crippen molar-refractivity contribution >= 4 is 54.5 Å². The van der Waals surface area contributed by atoms with Crippen LogP contribution in [-0.2, 0) is 10.0 Å². The molecule has 1 aliphatic heterocycles. The first kappa shape index (κ1) is 23.5. The van der Waals surface area contributed by atoms with Crippen LogP contribution in [0.15, 0.2) is 75.7 Å².